The van der Waals surface area contributed by atoms with Gasteiger partial charge < -0.3 is 79.5 Å². The van der Waals surface area contributed by atoms with Gasteiger partial charge in [-0.2, -0.15) is 8.62 Å². The van der Waals surface area contributed by atoms with Gasteiger partial charge in [-0.25, -0.2) is 38.0 Å². The summed E-state index contributed by atoms with van der Waals surface area (Å²) in [5, 5.41) is 45.8. The number of nitrogens with zero attached hydrogens (tertiary/aromatic N) is 8. The van der Waals surface area contributed by atoms with E-state index >= 15 is 0 Å². The van der Waals surface area contributed by atoms with Crippen LogP contribution in [-0.4, -0.2) is 167 Å². The molecule has 0 saturated carbocycles. The number of nitrogen functional groups attached to an aromatic ring is 2. The van der Waals surface area contributed by atoms with Crippen LogP contribution >= 0.6 is 31.1 Å². The van der Waals surface area contributed by atoms with Crippen LogP contribution < -0.4 is 43.1 Å². The number of aryl methyl sites for hydroxylation is 1. The number of phosphoric ester groups is 2. The van der Waals surface area contributed by atoms with Crippen LogP contribution in [0.1, 0.15) is 25.1 Å². The number of aromatic nitrogens is 10. The Labute approximate surface area is 417 Å². The van der Waals surface area contributed by atoms with Crippen LogP contribution in [-0.2, 0) is 66.4 Å². The second-order valence-corrected chi connectivity index (χ2v) is 23.5. The number of rotatable bonds is 21. The van der Waals surface area contributed by atoms with Crippen LogP contribution in [0, 0.1) is 5.92 Å². The summed E-state index contributed by atoms with van der Waals surface area (Å²) in [6.45, 7) is -3.45. The van der Waals surface area contributed by atoms with Gasteiger partial charge in [0, 0.05) is 25.3 Å². The molecule has 3 saturated heterocycles. The molecule has 3 aliphatic heterocycles. The summed E-state index contributed by atoms with van der Waals surface area (Å²) in [6, 6.07) is 0.913. The summed E-state index contributed by atoms with van der Waals surface area (Å²) < 4.78 is 105. The van der Waals surface area contributed by atoms with Crippen LogP contribution in [0.25, 0.3) is 22.3 Å². The number of imidazole rings is 2. The molecule has 8 heterocycles. The van der Waals surface area contributed by atoms with Crippen molar-refractivity contribution in [2.24, 2.45) is 13.0 Å². The molecule has 3 fully saturated rings. The zero-order valence-electron chi connectivity index (χ0n) is 38.8. The molecular weight excluding hydrogens is 1100 g/mol. The van der Waals surface area contributed by atoms with Crippen molar-refractivity contribution in [2.75, 3.05) is 45.4 Å². The first kappa shape index (κ1) is 56.6. The number of nitrogens with one attached hydrogen (secondary N) is 3. The van der Waals surface area contributed by atoms with Gasteiger partial charge in [-0.1, -0.05) is 4.98 Å². The number of hydrogen-bond donors (Lipinski definition) is 12. The molecule has 75 heavy (non-hydrogen) atoms. The van der Waals surface area contributed by atoms with E-state index in [1.807, 2.05) is 4.98 Å². The van der Waals surface area contributed by atoms with Gasteiger partial charge in [0.25, 0.3) is 17.1 Å². The Hall–Kier alpha value is -4.62. The maximum absolute atomic E-state index is 14.2. The van der Waals surface area contributed by atoms with E-state index in [1.165, 1.54) is 29.6 Å². The SMILES string of the molecule is CN[C@@H](O)C[C@H]1[C@@H](O)[C@H]([n+]2cn(C)c3c(=O)[nH]c(N)nc32)O[C@@H]1COP(=O)(O)OP(=O)(O)OP(=O)(O)OC[C@H]1O[C@@H](n2cnc3c(N)ncnc32)[C@H](OC)[C@@H]1P(=O)([O-])OC[C@H]1O[C@@H](n2ccc(=O)[nH]c2=O)[C@H](O)[C@@H]1O. The summed E-state index contributed by atoms with van der Waals surface area (Å²) in [5.74, 6) is -1.56. The zero-order valence-corrected chi connectivity index (χ0v) is 42.4. The summed E-state index contributed by atoms with van der Waals surface area (Å²) in [4.78, 5) is 103. The number of fused-ring (bicyclic) bond motifs is 2. The van der Waals surface area contributed by atoms with E-state index in [0.29, 0.717) is 0 Å². The van der Waals surface area contributed by atoms with Crippen LogP contribution in [0.3, 0.4) is 0 Å². The van der Waals surface area contributed by atoms with Crippen molar-refractivity contribution < 1.29 is 104 Å². The highest BCUT2D eigenvalue weighted by molar-refractivity contribution is 7.66. The number of nitrogens with two attached hydrogens (primary N) is 2. The number of phosphoric acid groups is 3. The van der Waals surface area contributed by atoms with Gasteiger partial charge in [-0.05, 0) is 13.5 Å². The van der Waals surface area contributed by atoms with Crippen LogP contribution in [0.2, 0.25) is 0 Å². The van der Waals surface area contributed by atoms with Crippen molar-refractivity contribution in [3.05, 3.63) is 62.4 Å². The molecule has 8 rings (SSSR count). The first-order valence-electron chi connectivity index (χ1n) is 21.7. The maximum Gasteiger partial charge on any atom is 0.490 e. The van der Waals surface area contributed by atoms with Crippen molar-refractivity contribution in [2.45, 2.75) is 79.7 Å². The van der Waals surface area contributed by atoms with Crippen molar-refractivity contribution in [3.63, 3.8) is 0 Å². The third-order valence-electron chi connectivity index (χ3n) is 12.1. The van der Waals surface area contributed by atoms with E-state index in [2.05, 4.69) is 38.9 Å². The van der Waals surface area contributed by atoms with Crippen LogP contribution in [0.15, 0.2) is 45.6 Å². The van der Waals surface area contributed by atoms with E-state index < -0.39 is 147 Å². The predicted octanol–water partition coefficient (Wildman–Crippen LogP) is -5.26. The topological polar surface area (TPSA) is 533 Å². The predicted molar refractivity (Wildman–Crippen MR) is 242 cm³/mol. The molecule has 41 heteroatoms. The molecule has 0 radical (unpaired) electrons. The Morgan fingerprint density at radius 1 is 0.867 bits per heavy atom. The van der Waals surface area contributed by atoms with Crippen LogP contribution in [0.4, 0.5) is 11.8 Å². The number of aromatic amines is 2. The average molecular weight is 1150 g/mol. The van der Waals surface area contributed by atoms with Gasteiger partial charge in [-0.3, -0.25) is 47.6 Å². The zero-order chi connectivity index (χ0) is 54.7. The van der Waals surface area contributed by atoms with E-state index in [-0.39, 0.29) is 40.5 Å². The molecule has 414 valence electrons. The lowest BCUT2D eigenvalue weighted by Gasteiger charge is -2.35. The molecule has 0 spiro atoms. The number of aliphatic hydroxyl groups excluding tert-OH is 4. The molecular formula is C34H49N13O24P4. The highest BCUT2D eigenvalue weighted by atomic mass is 31.3. The fraction of sp³-hybridized carbons (Fsp3) is 0.588. The Bertz CT molecular complexity index is 3300. The lowest BCUT2D eigenvalue weighted by atomic mass is 9.93. The highest BCUT2D eigenvalue weighted by Crippen LogP contribution is 2.68. The van der Waals surface area contributed by atoms with Gasteiger partial charge in [0.1, 0.15) is 56.2 Å². The first-order valence-corrected chi connectivity index (χ1v) is 27.8. The normalized spacial score (nSPS) is 30.8. The van der Waals surface area contributed by atoms with Crippen molar-refractivity contribution in [1.29, 1.82) is 0 Å². The molecule has 17 atom stereocenters. The summed E-state index contributed by atoms with van der Waals surface area (Å²) in [6.07, 6.45) is -13.9. The number of methoxy groups -OCH3 is 1. The standard InChI is InChI=1S/C34H49N13O24P4/c1-37-18(49)6-13-14(67-30(21(13)50)47-12-44(2)20-28(47)42-33(36)43-29(20)53)7-65-73(57,58)70-75(61,62)71-74(59,60)66-9-16-25(24(63-3)32(69-16)46-11-40-19-26(35)38-10-39-27(19)46)72(55,56)64-8-15-22(51)23(52)31(68-15)45-5-4-17(48)41-34(45)54/h4-5,10-16,18,21-25,30-32,37,49-52H,6-9H2,1-3H3,(H9-,35,36,38,39,41,42,43,48,53,54,55,56,57,58,59,60,61,62)/t13-,14-,15-,16-,18+,21-,22-,23-,24-,25-,30-,31-,32-/m1/s1. The van der Waals surface area contributed by atoms with Gasteiger partial charge >= 0.3 is 34.8 Å². The maximum atomic E-state index is 14.2. The van der Waals surface area contributed by atoms with Gasteiger partial charge in [0.05, 0.1) is 51.1 Å². The summed E-state index contributed by atoms with van der Waals surface area (Å²) in [7, 11) is -19.8. The Morgan fingerprint density at radius 2 is 1.52 bits per heavy atom. The molecule has 37 nitrogen and oxygen atoms in total. The molecule has 5 aromatic heterocycles. The lowest BCUT2D eigenvalue weighted by molar-refractivity contribution is -0.745. The molecule has 3 aliphatic rings. The third kappa shape index (κ3) is 11.8. The van der Waals surface area contributed by atoms with Gasteiger partial charge in [-0.15, -0.1) is 0 Å². The lowest BCUT2D eigenvalue weighted by Crippen LogP contribution is -2.45. The van der Waals surface area contributed by atoms with Gasteiger partial charge in [0.2, 0.25) is 11.7 Å². The highest BCUT2D eigenvalue weighted by Gasteiger charge is 2.55. The fourth-order valence-electron chi connectivity index (χ4n) is 8.73. The first-order chi connectivity index (χ1) is 35.1. The molecule has 0 amide bonds. The summed E-state index contributed by atoms with van der Waals surface area (Å²) >= 11 is 0. The number of anilines is 2. The monoisotopic (exact) mass is 1150 g/mol. The van der Waals surface area contributed by atoms with Gasteiger partial charge in [0.15, 0.2) is 30.2 Å². The minimum absolute atomic E-state index is 0.00179. The third-order valence-corrected chi connectivity index (χ3v) is 18.2. The summed E-state index contributed by atoms with van der Waals surface area (Å²) in [5.41, 5.74) is 6.99. The van der Waals surface area contributed by atoms with Crippen molar-refractivity contribution in [3.8, 4) is 0 Å². The fourth-order valence-corrected chi connectivity index (χ4v) is 14.0. The molecule has 5 aromatic rings. The molecule has 0 aliphatic carbocycles. The van der Waals surface area contributed by atoms with E-state index in [4.69, 9.17) is 44.0 Å². The Balaban J connectivity index is 0.964. The van der Waals surface area contributed by atoms with Crippen LogP contribution in [0.5, 0.6) is 0 Å². The molecule has 4 unspecified atom stereocenters. The quantitative estimate of drug-likeness (QED) is 0.0186. The molecule has 14 N–H and O–H groups in total. The van der Waals surface area contributed by atoms with E-state index in [1.54, 1.807) is 0 Å². The number of aliphatic hydroxyl groups is 4. The number of hydrogen-bond acceptors (Lipinski definition) is 28. The smallest absolute Gasteiger partial charge is 0.490 e. The Morgan fingerprint density at radius 3 is 2.17 bits per heavy atom. The largest absolute Gasteiger partial charge is 0.778 e. The minimum atomic E-state index is -6.24. The van der Waals surface area contributed by atoms with E-state index in [9.17, 15) is 72.6 Å². The molecule has 0 bridgehead atoms. The second kappa shape index (κ2) is 21.7. The molecule has 0 aromatic carbocycles. The number of ether oxygens (including phenoxy) is 4. The van der Waals surface area contributed by atoms with Crippen molar-refractivity contribution in [1.82, 2.24) is 48.9 Å². The average Bonchev–Trinajstić information content (AvgIpc) is 4.13. The Kier molecular flexibility index (Phi) is 16.3. The number of H-pyrrole nitrogens is 2. The van der Waals surface area contributed by atoms with E-state index in [0.717, 1.165) is 41.2 Å². The second-order valence-electron chi connectivity index (χ2n) is 16.9. The van der Waals surface area contributed by atoms with Crippen molar-refractivity contribution >= 4 is 65.2 Å². The minimum Gasteiger partial charge on any atom is -0.778 e.